The second-order valence-corrected chi connectivity index (χ2v) is 24.9. The molecular formula is C78H54N4OPt. The number of hydrogen-bond acceptors (Lipinski definition) is 5. The first-order valence-corrected chi connectivity index (χ1v) is 31.3. The fourth-order valence-electron chi connectivity index (χ4n) is 13.1. The molecule has 84 heavy (non-hydrogen) atoms. The maximum atomic E-state index is 7.00. The third kappa shape index (κ3) is 8.25. The van der Waals surface area contributed by atoms with Crippen molar-refractivity contribution in [1.82, 2.24) is 0 Å². The van der Waals surface area contributed by atoms with E-state index in [-0.39, 0.29) is 0 Å². The number of nitrogens with zero attached hydrogens (tertiary/aromatic N) is 4. The van der Waals surface area contributed by atoms with Crippen molar-refractivity contribution >= 4 is 53.8 Å². The molecule has 0 spiro atoms. The summed E-state index contributed by atoms with van der Waals surface area (Å²) < 4.78 is 9.39. The van der Waals surface area contributed by atoms with Gasteiger partial charge in [0.25, 0.3) is 0 Å². The molecule has 0 N–H and O–H groups in total. The summed E-state index contributed by atoms with van der Waals surface area (Å²) in [6.07, 6.45) is 3.68. The van der Waals surface area contributed by atoms with E-state index in [2.05, 4.69) is 299 Å². The summed E-state index contributed by atoms with van der Waals surface area (Å²) in [6, 6.07) is 105. The van der Waals surface area contributed by atoms with Gasteiger partial charge in [-0.3, -0.25) is 0 Å². The van der Waals surface area contributed by atoms with Crippen LogP contribution in [0.3, 0.4) is 0 Å². The van der Waals surface area contributed by atoms with Crippen LogP contribution in [-0.2, 0) is 43.3 Å². The monoisotopic (exact) mass is 1260 g/mol. The molecule has 0 saturated carbocycles. The molecule has 0 aliphatic carbocycles. The first-order chi connectivity index (χ1) is 41.6. The Morgan fingerprint density at radius 3 is 0.893 bits per heavy atom. The molecule has 402 valence electrons. The molecule has 0 fully saturated rings. The predicted octanol–water partition coefficient (Wildman–Crippen LogP) is 19.5. The summed E-state index contributed by atoms with van der Waals surface area (Å²) in [5.41, 5.74) is 28.1. The van der Waals surface area contributed by atoms with Crippen LogP contribution in [0.1, 0.15) is 22.3 Å². The molecule has 0 radical (unpaired) electrons. The van der Waals surface area contributed by atoms with Crippen molar-refractivity contribution in [2.75, 3.05) is 19.6 Å². The van der Waals surface area contributed by atoms with Crippen LogP contribution < -0.4 is 24.3 Å². The van der Waals surface area contributed by atoms with Gasteiger partial charge in [-0.15, -0.1) is 0 Å². The zero-order valence-electron chi connectivity index (χ0n) is 45.9. The van der Waals surface area contributed by atoms with Crippen LogP contribution in [-0.4, -0.2) is 8.29 Å². The summed E-state index contributed by atoms with van der Waals surface area (Å²) in [5.74, 6) is 1.56. The van der Waals surface area contributed by atoms with E-state index in [1.807, 2.05) is 0 Å². The number of fused-ring (bicyclic) bond motifs is 14. The van der Waals surface area contributed by atoms with Crippen molar-refractivity contribution in [3.05, 3.63) is 301 Å². The van der Waals surface area contributed by atoms with Gasteiger partial charge < -0.3 is 0 Å². The van der Waals surface area contributed by atoms with E-state index in [1.54, 1.807) is 0 Å². The molecule has 0 amide bonds. The van der Waals surface area contributed by atoms with Gasteiger partial charge in [-0.25, -0.2) is 0 Å². The zero-order chi connectivity index (χ0) is 55.2. The molecule has 6 heteroatoms. The van der Waals surface area contributed by atoms with E-state index in [9.17, 15) is 0 Å². The molecule has 5 nitrogen and oxygen atoms in total. The van der Waals surface area contributed by atoms with Gasteiger partial charge >= 0.3 is 501 Å². The van der Waals surface area contributed by atoms with E-state index < -0.39 is 17.6 Å². The van der Waals surface area contributed by atoms with Gasteiger partial charge in [-0.1, -0.05) is 0 Å². The Morgan fingerprint density at radius 2 is 0.560 bits per heavy atom. The summed E-state index contributed by atoms with van der Waals surface area (Å²) in [4.78, 5) is 10.5. The first-order valence-electron chi connectivity index (χ1n) is 29.0. The molecule has 0 saturated heterocycles. The van der Waals surface area contributed by atoms with Gasteiger partial charge in [0.1, 0.15) is 0 Å². The average molecular weight is 1260 g/mol. The maximum absolute atomic E-state index is 7.00. The Labute approximate surface area is 497 Å². The molecule has 21 rings (SSSR count). The third-order valence-corrected chi connectivity index (χ3v) is 20.3. The van der Waals surface area contributed by atoms with Gasteiger partial charge in [0.05, 0.1) is 0 Å². The Hall–Kier alpha value is -9.93. The number of anilines is 8. The van der Waals surface area contributed by atoms with Crippen LogP contribution in [0.4, 0.5) is 45.5 Å². The van der Waals surface area contributed by atoms with Crippen molar-refractivity contribution in [2.24, 2.45) is 0 Å². The molecule has 0 aromatic heterocycles. The first kappa shape index (κ1) is 48.7. The average Bonchev–Trinajstić information content (AvgIpc) is 2.78. The Morgan fingerprint density at radius 1 is 0.250 bits per heavy atom. The van der Waals surface area contributed by atoms with Gasteiger partial charge in [0.2, 0.25) is 0 Å². The fraction of sp³-hybridized carbons (Fsp3) is 0.0513. The number of ether oxygens (including phenoxy) is 1. The van der Waals surface area contributed by atoms with Crippen LogP contribution >= 0.6 is 0 Å². The van der Waals surface area contributed by atoms with Crippen LogP contribution in [0, 0.1) is 0 Å². The van der Waals surface area contributed by atoms with Crippen molar-refractivity contribution < 1.29 is 22.4 Å². The van der Waals surface area contributed by atoms with E-state index in [4.69, 9.17) is 4.74 Å². The van der Waals surface area contributed by atoms with Crippen LogP contribution in [0.5, 0.6) is 11.5 Å². The topological polar surface area (TPSA) is 22.2 Å². The summed E-state index contributed by atoms with van der Waals surface area (Å²) in [7, 11) is 0. The van der Waals surface area contributed by atoms with Crippen LogP contribution in [0.25, 0.3) is 66.8 Å². The number of rotatable bonds is 2. The van der Waals surface area contributed by atoms with E-state index in [0.717, 1.165) is 82.7 Å². The molecule has 12 aromatic rings. The number of aryl methyl sites for hydroxylation is 4. The Kier molecular flexibility index (Phi) is 11.6. The summed E-state index contributed by atoms with van der Waals surface area (Å²) in [6.45, 7) is 0. The van der Waals surface area contributed by atoms with Gasteiger partial charge in [-0.2, -0.15) is 0 Å². The second-order valence-electron chi connectivity index (χ2n) is 22.3. The van der Waals surface area contributed by atoms with E-state index >= 15 is 0 Å². The minimum atomic E-state index is -1.29. The molecule has 16 bridgehead atoms. The molecular weight excluding hydrogens is 1200 g/mol. The molecule has 12 aromatic carbocycles. The molecule has 9 aliphatic rings. The zero-order valence-corrected chi connectivity index (χ0v) is 48.2. The van der Waals surface area contributed by atoms with Crippen LogP contribution in [0.15, 0.2) is 279 Å². The van der Waals surface area contributed by atoms with Gasteiger partial charge in [0, 0.05) is 0 Å². The van der Waals surface area contributed by atoms with Crippen molar-refractivity contribution in [1.29, 1.82) is 0 Å². The minimum absolute atomic E-state index is 0.778. The second kappa shape index (κ2) is 19.9. The van der Waals surface area contributed by atoms with E-state index in [0.29, 0.717) is 0 Å². The standard InChI is InChI=1S/C78H54N4O.Pt/c1-3-13-57(14-4-1)63-45-69-59-37-29-53(30-38-59)25-27-55-33-41-61(42-34-55)71-47-64(58-15-5-2-6-16-58)48-72-62-43-35-56(36-44-62)28-26-54-31-39-60(40-32-54)70(46-63)77(69)81-51-79(73-21-7-9-23-75(73)81)65-17-11-19-67(49-65)83-68-20-12-18-66(50-68)80-52-82(78(71)72)76-24-10-8-22-74(76)80;/h1-24,29-50H,25-28H2;. The van der Waals surface area contributed by atoms with Crippen molar-refractivity contribution in [3.8, 4) is 78.3 Å². The molecule has 0 unspecified atom stereocenters. The van der Waals surface area contributed by atoms with Crippen molar-refractivity contribution in [2.45, 2.75) is 25.7 Å². The third-order valence-electron chi connectivity index (χ3n) is 17.3. The van der Waals surface area contributed by atoms with E-state index in [1.165, 1.54) is 97.3 Å². The number of hydrogen-bond donors (Lipinski definition) is 0. The van der Waals surface area contributed by atoms with Gasteiger partial charge in [0.15, 0.2) is 0 Å². The normalized spacial score (nSPS) is 14.2. The molecule has 0 atom stereocenters. The fourth-order valence-corrected chi connectivity index (χ4v) is 16.7. The van der Waals surface area contributed by atoms with Gasteiger partial charge in [-0.05, 0) is 0 Å². The van der Waals surface area contributed by atoms with Crippen molar-refractivity contribution in [3.63, 3.8) is 0 Å². The molecule has 9 heterocycles. The SMILES string of the molecule is c1ccc(-c2cc3c4c(c2)-c2ccc(cc2)CCc2ccc(cc2)-c2cc(-c5ccccc5)cc(c2N2[C]5=[Pt]=[C]6N(c7cccc(c7)Oc7cccc(c7)N5c5ccccc52)c2ccccc2N64)-c2ccc(cc2)CCc2ccc-3cc2)cc1. The number of benzene rings is 12. The molecule has 9 aliphatic heterocycles. The summed E-state index contributed by atoms with van der Waals surface area (Å²) >= 11 is -1.29. The summed E-state index contributed by atoms with van der Waals surface area (Å²) in [5, 5.41) is 0. The predicted molar refractivity (Wildman–Crippen MR) is 345 cm³/mol. The van der Waals surface area contributed by atoms with Crippen LogP contribution in [0.2, 0.25) is 0 Å². The quantitative estimate of drug-likeness (QED) is 0.172. The Bertz CT molecular complexity index is 4230. The Balaban J connectivity index is 1.10. The number of para-hydroxylation sites is 4.